The number of carbonyl (C=O) groups excluding carboxylic acids is 1. The summed E-state index contributed by atoms with van der Waals surface area (Å²) in [6.45, 7) is 9.47. The van der Waals surface area contributed by atoms with Gasteiger partial charge in [0.25, 0.3) is 5.22 Å². The molecule has 2 rings (SSSR count). The summed E-state index contributed by atoms with van der Waals surface area (Å²) in [5, 5.41) is 11.2. The molecule has 2 aromatic rings. The maximum atomic E-state index is 13.7. The maximum absolute atomic E-state index is 13.7. The van der Waals surface area contributed by atoms with Gasteiger partial charge >= 0.3 is 6.09 Å². The normalized spacial score (nSPS) is 12.9. The van der Waals surface area contributed by atoms with Crippen molar-refractivity contribution >= 4 is 17.9 Å². The first kappa shape index (κ1) is 21.2. The first-order chi connectivity index (χ1) is 12.6. The molecule has 6 nitrogen and oxygen atoms in total. The van der Waals surface area contributed by atoms with Gasteiger partial charge in [-0.1, -0.05) is 43.8 Å². The summed E-state index contributed by atoms with van der Waals surface area (Å²) in [7, 11) is 0. The fraction of sp³-hybridized carbons (Fsp3) is 0.526. The number of amides is 1. The number of thioether (sulfide) groups is 1. The Morgan fingerprint density at radius 3 is 2.63 bits per heavy atom. The Morgan fingerprint density at radius 1 is 1.30 bits per heavy atom. The first-order valence-electron chi connectivity index (χ1n) is 8.83. The van der Waals surface area contributed by atoms with Crippen LogP contribution < -0.4 is 5.32 Å². The molecule has 1 N–H and O–H groups in total. The highest BCUT2D eigenvalue weighted by molar-refractivity contribution is 7.98. The van der Waals surface area contributed by atoms with Crippen molar-refractivity contribution in [3.8, 4) is 0 Å². The molecular weight excluding hydrogens is 369 g/mol. The Labute approximate surface area is 163 Å². The average Bonchev–Trinajstić information content (AvgIpc) is 3.00. The second-order valence-electron chi connectivity index (χ2n) is 7.61. The van der Waals surface area contributed by atoms with Crippen LogP contribution in [0.4, 0.5) is 9.18 Å². The van der Waals surface area contributed by atoms with E-state index in [1.54, 1.807) is 39.0 Å². The third-order valence-electron chi connectivity index (χ3n) is 3.43. The number of nitrogens with one attached hydrogen (secondary N) is 1. The van der Waals surface area contributed by atoms with Crippen molar-refractivity contribution in [2.45, 2.75) is 63.7 Å². The molecule has 0 radical (unpaired) electrons. The van der Waals surface area contributed by atoms with Crippen LogP contribution in [0.2, 0.25) is 0 Å². The average molecular weight is 396 g/mol. The van der Waals surface area contributed by atoms with E-state index in [-0.39, 0.29) is 5.82 Å². The summed E-state index contributed by atoms with van der Waals surface area (Å²) in [4.78, 5) is 12.1. The molecule has 0 aliphatic carbocycles. The van der Waals surface area contributed by atoms with Gasteiger partial charge in [-0.15, -0.1) is 10.2 Å². The second kappa shape index (κ2) is 9.21. The molecule has 8 heteroatoms. The number of nitrogens with zero attached hydrogens (tertiary/aromatic N) is 2. The van der Waals surface area contributed by atoms with Gasteiger partial charge in [0.2, 0.25) is 5.89 Å². The fourth-order valence-electron chi connectivity index (χ4n) is 2.32. The van der Waals surface area contributed by atoms with E-state index in [2.05, 4.69) is 15.5 Å². The van der Waals surface area contributed by atoms with Crippen LogP contribution >= 0.6 is 11.8 Å². The number of halogens is 1. The number of aromatic nitrogens is 2. The van der Waals surface area contributed by atoms with Gasteiger partial charge in [0.05, 0.1) is 0 Å². The Kier molecular flexibility index (Phi) is 7.24. The summed E-state index contributed by atoms with van der Waals surface area (Å²) in [6.07, 6.45) is 0.0886. The molecule has 0 saturated carbocycles. The summed E-state index contributed by atoms with van der Waals surface area (Å²) < 4.78 is 24.7. The molecule has 1 aromatic carbocycles. The summed E-state index contributed by atoms with van der Waals surface area (Å²) in [5.41, 5.74) is -0.0323. The predicted molar refractivity (Wildman–Crippen MR) is 102 cm³/mol. The molecule has 0 bridgehead atoms. The standard InChI is InChI=1S/C19H26FN3O3S/c1-12(2)10-15(21-17(24)26-19(3,4)5)16-22-23-18(25-16)27-11-13-8-6-7-9-14(13)20/h6-9,12,15H,10-11H2,1-5H3,(H,21,24)/t15-/m0/s1. The van der Waals surface area contributed by atoms with Crippen LogP contribution in [0.3, 0.4) is 0 Å². The van der Waals surface area contributed by atoms with Gasteiger partial charge in [-0.2, -0.15) is 0 Å². The first-order valence-corrected chi connectivity index (χ1v) is 9.81. The minimum Gasteiger partial charge on any atom is -0.444 e. The van der Waals surface area contributed by atoms with Crippen LogP contribution in [0.25, 0.3) is 0 Å². The molecule has 0 fully saturated rings. The summed E-state index contributed by atoms with van der Waals surface area (Å²) in [5.74, 6) is 0.716. The van der Waals surface area contributed by atoms with E-state index in [4.69, 9.17) is 9.15 Å². The van der Waals surface area contributed by atoms with Gasteiger partial charge in [0.1, 0.15) is 17.5 Å². The fourth-order valence-corrected chi connectivity index (χ4v) is 3.07. The minimum atomic E-state index is -0.595. The monoisotopic (exact) mass is 395 g/mol. The molecule has 148 valence electrons. The number of carbonyl (C=O) groups is 1. The quantitative estimate of drug-likeness (QED) is 0.656. The molecular formula is C19H26FN3O3S. The van der Waals surface area contributed by atoms with Crippen LogP contribution in [-0.4, -0.2) is 21.9 Å². The highest BCUT2D eigenvalue weighted by Gasteiger charge is 2.25. The van der Waals surface area contributed by atoms with Crippen molar-refractivity contribution in [1.29, 1.82) is 0 Å². The van der Waals surface area contributed by atoms with Crippen LogP contribution in [0.5, 0.6) is 0 Å². The molecule has 0 aliphatic rings. The van der Waals surface area contributed by atoms with Gasteiger partial charge in [-0.25, -0.2) is 9.18 Å². The number of benzene rings is 1. The number of ether oxygens (including phenoxy) is 1. The van der Waals surface area contributed by atoms with Gasteiger partial charge in [-0.3, -0.25) is 0 Å². The maximum Gasteiger partial charge on any atom is 0.408 e. The molecule has 0 saturated heterocycles. The van der Waals surface area contributed by atoms with Crippen LogP contribution in [-0.2, 0) is 10.5 Å². The van der Waals surface area contributed by atoms with E-state index >= 15 is 0 Å². The van der Waals surface area contributed by atoms with E-state index in [1.807, 2.05) is 13.8 Å². The van der Waals surface area contributed by atoms with Gasteiger partial charge in [0.15, 0.2) is 0 Å². The molecule has 1 aromatic heterocycles. The predicted octanol–water partition coefficient (Wildman–Crippen LogP) is 5.11. The number of hydrogen-bond donors (Lipinski definition) is 1. The highest BCUT2D eigenvalue weighted by Crippen LogP contribution is 2.27. The summed E-state index contributed by atoms with van der Waals surface area (Å²) >= 11 is 1.25. The lowest BCUT2D eigenvalue weighted by atomic mass is 10.0. The van der Waals surface area contributed by atoms with Crippen molar-refractivity contribution in [3.05, 3.63) is 41.5 Å². The van der Waals surface area contributed by atoms with Crippen molar-refractivity contribution in [3.63, 3.8) is 0 Å². The Hall–Kier alpha value is -2.09. The Bertz CT molecular complexity index is 759. The van der Waals surface area contributed by atoms with Gasteiger partial charge < -0.3 is 14.5 Å². The van der Waals surface area contributed by atoms with Crippen LogP contribution in [0.15, 0.2) is 33.9 Å². The van der Waals surface area contributed by atoms with E-state index in [0.717, 1.165) is 0 Å². The lowest BCUT2D eigenvalue weighted by Crippen LogP contribution is -2.35. The van der Waals surface area contributed by atoms with Gasteiger partial charge in [0, 0.05) is 5.75 Å². The zero-order valence-corrected chi connectivity index (χ0v) is 17.1. The minimum absolute atomic E-state index is 0.269. The third-order valence-corrected chi connectivity index (χ3v) is 4.29. The van der Waals surface area contributed by atoms with Crippen molar-refractivity contribution in [2.24, 2.45) is 5.92 Å². The van der Waals surface area contributed by atoms with E-state index in [1.165, 1.54) is 17.8 Å². The molecule has 0 aliphatic heterocycles. The largest absolute Gasteiger partial charge is 0.444 e. The Morgan fingerprint density at radius 2 is 2.00 bits per heavy atom. The van der Waals surface area contributed by atoms with E-state index in [9.17, 15) is 9.18 Å². The van der Waals surface area contributed by atoms with Crippen molar-refractivity contribution in [1.82, 2.24) is 15.5 Å². The number of hydrogen-bond acceptors (Lipinski definition) is 6. The molecule has 27 heavy (non-hydrogen) atoms. The lowest BCUT2D eigenvalue weighted by Gasteiger charge is -2.22. The lowest BCUT2D eigenvalue weighted by molar-refractivity contribution is 0.0487. The van der Waals surface area contributed by atoms with Crippen molar-refractivity contribution in [2.75, 3.05) is 0 Å². The Balaban J connectivity index is 2.04. The molecule has 0 spiro atoms. The van der Waals surface area contributed by atoms with Gasteiger partial charge in [-0.05, 0) is 44.7 Å². The topological polar surface area (TPSA) is 77.2 Å². The zero-order valence-electron chi connectivity index (χ0n) is 16.3. The summed E-state index contributed by atoms with van der Waals surface area (Å²) in [6, 6.07) is 6.11. The SMILES string of the molecule is CC(C)C[C@H](NC(=O)OC(C)(C)C)c1nnc(SCc2ccccc2F)o1. The number of rotatable bonds is 7. The molecule has 1 heterocycles. The smallest absolute Gasteiger partial charge is 0.408 e. The van der Waals surface area contributed by atoms with E-state index in [0.29, 0.717) is 34.8 Å². The molecule has 0 unspecified atom stereocenters. The van der Waals surface area contributed by atoms with Crippen LogP contribution in [0, 0.1) is 11.7 Å². The zero-order chi connectivity index (χ0) is 20.0. The highest BCUT2D eigenvalue weighted by atomic mass is 32.2. The van der Waals surface area contributed by atoms with E-state index < -0.39 is 17.7 Å². The second-order valence-corrected chi connectivity index (χ2v) is 8.54. The molecule has 1 amide bonds. The van der Waals surface area contributed by atoms with Crippen LogP contribution in [0.1, 0.15) is 58.5 Å². The number of alkyl carbamates (subject to hydrolysis) is 1. The third kappa shape index (κ3) is 7.21. The van der Waals surface area contributed by atoms with Crippen molar-refractivity contribution < 1.29 is 18.3 Å². The molecule has 1 atom stereocenters.